The molecule has 0 bridgehead atoms. The van der Waals surface area contributed by atoms with Crippen LogP contribution in [0.15, 0.2) is 0 Å². The van der Waals surface area contributed by atoms with Crippen LogP contribution in [0.1, 0.15) is 46.5 Å². The van der Waals surface area contributed by atoms with Crippen LogP contribution in [0.2, 0.25) is 0 Å². The monoisotopic (exact) mass is 243 g/mol. The predicted octanol–water partition coefficient (Wildman–Crippen LogP) is 2.13. The van der Waals surface area contributed by atoms with Crippen LogP contribution < -0.4 is 0 Å². The second kappa shape index (κ2) is 6.97. The molecule has 0 aromatic carbocycles. The highest BCUT2D eigenvalue weighted by Gasteiger charge is 2.29. The first-order valence-corrected chi connectivity index (χ1v) is 6.67. The zero-order valence-electron chi connectivity index (χ0n) is 11.2. The lowest BCUT2D eigenvalue weighted by atomic mass is 9.98. The number of hydrogen-bond donors (Lipinski definition) is 1. The number of aliphatic carboxylic acids is 1. The number of carboxylic acid groups (broad SMARTS) is 1. The topological polar surface area (TPSA) is 49.8 Å². The lowest BCUT2D eigenvalue weighted by molar-refractivity contribution is -0.138. The summed E-state index contributed by atoms with van der Waals surface area (Å²) in [6.07, 6.45) is 3.67. The second-order valence-corrected chi connectivity index (χ2v) is 4.86. The van der Waals surface area contributed by atoms with E-state index in [1.807, 2.05) is 6.92 Å². The van der Waals surface area contributed by atoms with E-state index in [-0.39, 0.29) is 12.5 Å². The Morgan fingerprint density at radius 1 is 1.53 bits per heavy atom. The van der Waals surface area contributed by atoms with Gasteiger partial charge in [0.2, 0.25) is 0 Å². The Labute approximate surface area is 104 Å². The average molecular weight is 243 g/mol. The van der Waals surface area contributed by atoms with Crippen molar-refractivity contribution in [2.75, 3.05) is 13.2 Å². The molecule has 1 N–H and O–H groups in total. The van der Waals surface area contributed by atoms with Gasteiger partial charge in [0.15, 0.2) is 0 Å². The van der Waals surface area contributed by atoms with Crippen LogP contribution in [0.5, 0.6) is 0 Å². The molecule has 1 fully saturated rings. The molecule has 0 saturated carbocycles. The molecule has 4 heteroatoms. The summed E-state index contributed by atoms with van der Waals surface area (Å²) in [5.74, 6) is -0.713. The summed E-state index contributed by atoms with van der Waals surface area (Å²) in [7, 11) is 0. The standard InChI is InChI=1S/C13H25NO3/c1-4-12-9-11(6-7-17-12)14(5-2)10(3)8-13(15)16/h10-12H,4-9H2,1-3H3,(H,15,16). The van der Waals surface area contributed by atoms with Crippen molar-refractivity contribution in [2.45, 2.75) is 64.6 Å². The highest BCUT2D eigenvalue weighted by molar-refractivity contribution is 5.67. The van der Waals surface area contributed by atoms with E-state index >= 15 is 0 Å². The van der Waals surface area contributed by atoms with Gasteiger partial charge in [-0.3, -0.25) is 9.69 Å². The van der Waals surface area contributed by atoms with Crippen LogP contribution in [0, 0.1) is 0 Å². The van der Waals surface area contributed by atoms with E-state index < -0.39 is 5.97 Å². The molecular formula is C13H25NO3. The fourth-order valence-corrected chi connectivity index (χ4v) is 2.75. The molecule has 1 rings (SSSR count). The van der Waals surface area contributed by atoms with Gasteiger partial charge in [0.1, 0.15) is 0 Å². The largest absolute Gasteiger partial charge is 0.481 e. The molecule has 0 aromatic heterocycles. The van der Waals surface area contributed by atoms with Gasteiger partial charge in [-0.25, -0.2) is 0 Å². The Hall–Kier alpha value is -0.610. The van der Waals surface area contributed by atoms with Crippen molar-refractivity contribution in [3.63, 3.8) is 0 Å². The zero-order chi connectivity index (χ0) is 12.8. The van der Waals surface area contributed by atoms with E-state index in [1.165, 1.54) is 0 Å². The summed E-state index contributed by atoms with van der Waals surface area (Å²) in [5.41, 5.74) is 0. The molecule has 1 saturated heterocycles. The summed E-state index contributed by atoms with van der Waals surface area (Å²) in [5, 5.41) is 8.87. The van der Waals surface area contributed by atoms with Crippen molar-refractivity contribution < 1.29 is 14.6 Å². The van der Waals surface area contributed by atoms with Crippen LogP contribution in [0.25, 0.3) is 0 Å². The molecule has 0 spiro atoms. The summed E-state index contributed by atoms with van der Waals surface area (Å²) < 4.78 is 5.67. The van der Waals surface area contributed by atoms with Gasteiger partial charge in [0.05, 0.1) is 12.5 Å². The molecule has 1 heterocycles. The summed E-state index contributed by atoms with van der Waals surface area (Å²) in [6.45, 7) is 7.97. The highest BCUT2D eigenvalue weighted by Crippen LogP contribution is 2.23. The minimum absolute atomic E-state index is 0.109. The minimum atomic E-state index is -0.713. The van der Waals surface area contributed by atoms with E-state index in [4.69, 9.17) is 9.84 Å². The molecule has 100 valence electrons. The second-order valence-electron chi connectivity index (χ2n) is 4.86. The average Bonchev–Trinajstić information content (AvgIpc) is 2.29. The minimum Gasteiger partial charge on any atom is -0.481 e. The molecule has 0 amide bonds. The number of hydrogen-bond acceptors (Lipinski definition) is 3. The normalized spacial score (nSPS) is 27.1. The molecule has 3 atom stereocenters. The smallest absolute Gasteiger partial charge is 0.304 e. The van der Waals surface area contributed by atoms with Crippen molar-refractivity contribution in [2.24, 2.45) is 0 Å². The Morgan fingerprint density at radius 3 is 2.76 bits per heavy atom. The van der Waals surface area contributed by atoms with Crippen LogP contribution in [0.4, 0.5) is 0 Å². The Morgan fingerprint density at radius 2 is 2.24 bits per heavy atom. The van der Waals surface area contributed by atoms with Gasteiger partial charge in [0, 0.05) is 18.7 Å². The molecule has 4 nitrogen and oxygen atoms in total. The maximum atomic E-state index is 10.8. The van der Waals surface area contributed by atoms with Gasteiger partial charge in [-0.1, -0.05) is 13.8 Å². The number of ether oxygens (including phenoxy) is 1. The van der Waals surface area contributed by atoms with Crippen molar-refractivity contribution in [3.05, 3.63) is 0 Å². The predicted molar refractivity (Wildman–Crippen MR) is 67.1 cm³/mol. The quantitative estimate of drug-likeness (QED) is 0.776. The molecule has 0 aliphatic carbocycles. The maximum absolute atomic E-state index is 10.8. The van der Waals surface area contributed by atoms with E-state index in [1.54, 1.807) is 0 Å². The molecule has 17 heavy (non-hydrogen) atoms. The van der Waals surface area contributed by atoms with Gasteiger partial charge in [0.25, 0.3) is 0 Å². The summed E-state index contributed by atoms with van der Waals surface area (Å²) >= 11 is 0. The first-order chi connectivity index (χ1) is 8.08. The number of carbonyl (C=O) groups is 1. The van der Waals surface area contributed by atoms with E-state index in [9.17, 15) is 4.79 Å². The first-order valence-electron chi connectivity index (χ1n) is 6.67. The van der Waals surface area contributed by atoms with Crippen molar-refractivity contribution >= 4 is 5.97 Å². The van der Waals surface area contributed by atoms with Gasteiger partial charge in [-0.05, 0) is 32.7 Å². The Kier molecular flexibility index (Phi) is 5.92. The third kappa shape index (κ3) is 4.28. The van der Waals surface area contributed by atoms with Gasteiger partial charge in [-0.2, -0.15) is 0 Å². The molecule has 3 unspecified atom stereocenters. The molecular weight excluding hydrogens is 218 g/mol. The van der Waals surface area contributed by atoms with Crippen molar-refractivity contribution in [1.29, 1.82) is 0 Å². The lowest BCUT2D eigenvalue weighted by Gasteiger charge is -2.39. The number of rotatable bonds is 6. The van der Waals surface area contributed by atoms with E-state index in [2.05, 4.69) is 18.7 Å². The summed E-state index contributed by atoms with van der Waals surface area (Å²) in [6, 6.07) is 0.589. The first kappa shape index (κ1) is 14.5. The number of carboxylic acids is 1. The van der Waals surface area contributed by atoms with Crippen molar-refractivity contribution in [3.8, 4) is 0 Å². The van der Waals surface area contributed by atoms with E-state index in [0.717, 1.165) is 32.4 Å². The lowest BCUT2D eigenvalue weighted by Crippen LogP contribution is -2.47. The summed E-state index contributed by atoms with van der Waals surface area (Å²) in [4.78, 5) is 13.1. The molecule has 1 aliphatic rings. The van der Waals surface area contributed by atoms with Crippen molar-refractivity contribution in [1.82, 2.24) is 4.90 Å². The van der Waals surface area contributed by atoms with Crippen LogP contribution >= 0.6 is 0 Å². The third-order valence-electron chi connectivity index (χ3n) is 3.67. The number of nitrogens with zero attached hydrogens (tertiary/aromatic N) is 1. The molecule has 1 aliphatic heterocycles. The van der Waals surface area contributed by atoms with Gasteiger partial charge >= 0.3 is 5.97 Å². The van der Waals surface area contributed by atoms with E-state index in [0.29, 0.717) is 12.1 Å². The Bertz CT molecular complexity index is 245. The van der Waals surface area contributed by atoms with Gasteiger partial charge in [-0.15, -0.1) is 0 Å². The Balaban J connectivity index is 2.56. The fourth-order valence-electron chi connectivity index (χ4n) is 2.75. The maximum Gasteiger partial charge on any atom is 0.304 e. The molecule has 0 aromatic rings. The fraction of sp³-hybridized carbons (Fsp3) is 0.923. The third-order valence-corrected chi connectivity index (χ3v) is 3.67. The van der Waals surface area contributed by atoms with Gasteiger partial charge < -0.3 is 9.84 Å². The van der Waals surface area contributed by atoms with Crippen LogP contribution in [0.3, 0.4) is 0 Å². The SMILES string of the molecule is CCC1CC(N(CC)C(C)CC(=O)O)CCO1. The van der Waals surface area contributed by atoms with Crippen LogP contribution in [-0.4, -0.2) is 47.3 Å². The highest BCUT2D eigenvalue weighted by atomic mass is 16.5. The van der Waals surface area contributed by atoms with Crippen LogP contribution in [-0.2, 0) is 9.53 Å². The zero-order valence-corrected chi connectivity index (χ0v) is 11.2. The molecule has 0 radical (unpaired) electrons.